The fourth-order valence-corrected chi connectivity index (χ4v) is 4.20. The Hall–Kier alpha value is -1.77. The van der Waals surface area contributed by atoms with Crippen molar-refractivity contribution >= 4 is 6.09 Å². The number of benzene rings is 1. The van der Waals surface area contributed by atoms with E-state index in [1.54, 1.807) is 0 Å². The summed E-state index contributed by atoms with van der Waals surface area (Å²) in [6, 6.07) is 7.00. The molecule has 0 spiro atoms. The Morgan fingerprint density at radius 1 is 1.20 bits per heavy atom. The number of fused-ring (bicyclic) bond motifs is 2. The predicted molar refractivity (Wildman–Crippen MR) is 102 cm³/mol. The third-order valence-electron chi connectivity index (χ3n) is 5.37. The molecule has 2 unspecified atom stereocenters. The maximum absolute atomic E-state index is 12.7. The zero-order chi connectivity index (χ0) is 18.2. The van der Waals surface area contributed by atoms with Crippen molar-refractivity contribution in [2.45, 2.75) is 84.4 Å². The molecule has 0 aromatic heterocycles. The van der Waals surface area contributed by atoms with Gasteiger partial charge < -0.3 is 4.74 Å². The molecule has 2 aliphatic heterocycles. The summed E-state index contributed by atoms with van der Waals surface area (Å²) in [5.74, 6) is 0. The fourth-order valence-electron chi connectivity index (χ4n) is 4.20. The van der Waals surface area contributed by atoms with Crippen LogP contribution >= 0.6 is 0 Å². The van der Waals surface area contributed by atoms with Crippen molar-refractivity contribution in [2.75, 3.05) is 0 Å². The fraction of sp³-hybridized carbons (Fsp3) is 0.591. The van der Waals surface area contributed by atoms with Gasteiger partial charge in [-0.1, -0.05) is 29.8 Å². The quantitative estimate of drug-likeness (QED) is 0.680. The van der Waals surface area contributed by atoms with Crippen molar-refractivity contribution in [3.8, 4) is 0 Å². The van der Waals surface area contributed by atoms with Gasteiger partial charge in [0.15, 0.2) is 0 Å². The van der Waals surface area contributed by atoms with E-state index in [0.29, 0.717) is 0 Å². The zero-order valence-corrected chi connectivity index (χ0v) is 16.3. The Labute approximate surface area is 152 Å². The summed E-state index contributed by atoms with van der Waals surface area (Å²) in [7, 11) is 0. The smallest absolute Gasteiger partial charge is 0.411 e. The third-order valence-corrected chi connectivity index (χ3v) is 5.37. The lowest BCUT2D eigenvalue weighted by Crippen LogP contribution is -2.53. The maximum atomic E-state index is 12.7. The number of ether oxygens (including phenoxy) is 1. The van der Waals surface area contributed by atoms with E-state index in [1.165, 1.54) is 28.7 Å². The van der Waals surface area contributed by atoms with Gasteiger partial charge in [-0.15, -0.1) is 0 Å². The minimum atomic E-state index is -0.437. The van der Waals surface area contributed by atoms with Gasteiger partial charge in [0, 0.05) is 6.04 Å². The first-order chi connectivity index (χ1) is 11.7. The van der Waals surface area contributed by atoms with Gasteiger partial charge >= 0.3 is 6.09 Å². The molecule has 3 heteroatoms. The number of piperidine rings is 1. The molecule has 3 nitrogen and oxygen atoms in total. The van der Waals surface area contributed by atoms with Crippen LogP contribution in [0.1, 0.15) is 63.1 Å². The number of nitrogens with zero attached hydrogens (tertiary/aromatic N) is 1. The van der Waals surface area contributed by atoms with Crippen LogP contribution in [0.2, 0.25) is 0 Å². The van der Waals surface area contributed by atoms with E-state index < -0.39 is 5.60 Å². The summed E-state index contributed by atoms with van der Waals surface area (Å²) in [4.78, 5) is 14.7. The monoisotopic (exact) mass is 341 g/mol. The second-order valence-electron chi connectivity index (χ2n) is 8.62. The van der Waals surface area contributed by atoms with Gasteiger partial charge in [-0.3, -0.25) is 4.90 Å². The number of rotatable bonds is 2. The average Bonchev–Trinajstić information content (AvgIpc) is 2.48. The second kappa shape index (κ2) is 6.86. The van der Waals surface area contributed by atoms with E-state index in [-0.39, 0.29) is 18.2 Å². The summed E-state index contributed by atoms with van der Waals surface area (Å²) in [6.45, 7) is 10.2. The van der Waals surface area contributed by atoms with Gasteiger partial charge in [0.2, 0.25) is 0 Å². The first-order valence-electron chi connectivity index (χ1n) is 9.50. The second-order valence-corrected chi connectivity index (χ2v) is 8.62. The van der Waals surface area contributed by atoms with Crippen molar-refractivity contribution in [1.29, 1.82) is 0 Å². The van der Waals surface area contributed by atoms with Gasteiger partial charge in [-0.25, -0.2) is 4.79 Å². The Kier molecular flexibility index (Phi) is 4.95. The molecule has 1 amide bonds. The van der Waals surface area contributed by atoms with Crippen LogP contribution in [0.5, 0.6) is 0 Å². The Bertz CT molecular complexity index is 664. The summed E-state index contributed by atoms with van der Waals surface area (Å²) in [5.41, 5.74) is 5.21. The number of hydrogen-bond acceptors (Lipinski definition) is 2. The summed E-state index contributed by atoms with van der Waals surface area (Å²) < 4.78 is 5.66. The van der Waals surface area contributed by atoms with Crippen LogP contribution < -0.4 is 0 Å². The van der Waals surface area contributed by atoms with Crippen LogP contribution in [0.3, 0.4) is 0 Å². The van der Waals surface area contributed by atoms with E-state index in [9.17, 15) is 4.79 Å². The van der Waals surface area contributed by atoms with Gasteiger partial charge in [0.25, 0.3) is 0 Å². The molecule has 1 fully saturated rings. The Balaban J connectivity index is 1.80. The standard InChI is InChI=1S/C22H31NO2/c1-15-8-6-9-16(2)20(15)14-17-12-18-10-7-11-19(13-17)23(18)21(24)25-22(3,4)5/h6,8-9,12,18-19H,7,10-11,13-14H2,1-5H3. The lowest BCUT2D eigenvalue weighted by atomic mass is 9.82. The molecule has 136 valence electrons. The van der Waals surface area contributed by atoms with Crippen molar-refractivity contribution < 1.29 is 9.53 Å². The molecule has 0 aliphatic carbocycles. The predicted octanol–water partition coefficient (Wildman–Crippen LogP) is 5.33. The van der Waals surface area contributed by atoms with Crippen LogP contribution in [-0.4, -0.2) is 28.7 Å². The van der Waals surface area contributed by atoms with Crippen LogP contribution in [0.4, 0.5) is 4.79 Å². The molecule has 2 bridgehead atoms. The van der Waals surface area contributed by atoms with Crippen molar-refractivity contribution in [2.24, 2.45) is 0 Å². The molecule has 2 aliphatic rings. The van der Waals surface area contributed by atoms with Crippen LogP contribution in [-0.2, 0) is 11.2 Å². The van der Waals surface area contributed by atoms with Gasteiger partial charge in [-0.05, 0) is 83.4 Å². The molecular weight excluding hydrogens is 310 g/mol. The summed E-state index contributed by atoms with van der Waals surface area (Å²) >= 11 is 0. The molecule has 2 atom stereocenters. The maximum Gasteiger partial charge on any atom is 0.411 e. The first-order valence-corrected chi connectivity index (χ1v) is 9.50. The van der Waals surface area contributed by atoms with Gasteiger partial charge in [-0.2, -0.15) is 0 Å². The van der Waals surface area contributed by atoms with Crippen molar-refractivity contribution in [3.05, 3.63) is 46.5 Å². The molecule has 1 saturated heterocycles. The Morgan fingerprint density at radius 3 is 2.48 bits per heavy atom. The van der Waals surface area contributed by atoms with Crippen LogP contribution in [0.25, 0.3) is 0 Å². The van der Waals surface area contributed by atoms with Crippen LogP contribution in [0, 0.1) is 13.8 Å². The molecule has 25 heavy (non-hydrogen) atoms. The topological polar surface area (TPSA) is 29.5 Å². The third kappa shape index (κ3) is 4.08. The van der Waals surface area contributed by atoms with E-state index in [0.717, 1.165) is 25.7 Å². The number of aryl methyl sites for hydroxylation is 2. The molecule has 1 aromatic carbocycles. The highest BCUT2D eigenvalue weighted by Crippen LogP contribution is 2.36. The molecule has 0 N–H and O–H groups in total. The molecule has 1 aromatic rings. The highest BCUT2D eigenvalue weighted by molar-refractivity contribution is 5.70. The molecule has 2 heterocycles. The zero-order valence-electron chi connectivity index (χ0n) is 16.3. The number of hydrogen-bond donors (Lipinski definition) is 0. The SMILES string of the molecule is Cc1cccc(C)c1CC1=CC2CCCC(C1)N2C(=O)OC(C)(C)C. The minimum Gasteiger partial charge on any atom is -0.444 e. The number of carbonyl (C=O) groups excluding carboxylic acids is 1. The highest BCUT2D eigenvalue weighted by atomic mass is 16.6. The van der Waals surface area contributed by atoms with Crippen molar-refractivity contribution in [3.63, 3.8) is 0 Å². The van der Waals surface area contributed by atoms with Crippen LogP contribution in [0.15, 0.2) is 29.8 Å². The average molecular weight is 341 g/mol. The summed E-state index contributed by atoms with van der Waals surface area (Å²) in [6.07, 6.45) is 7.50. The van der Waals surface area contributed by atoms with Gasteiger partial charge in [0.05, 0.1) is 6.04 Å². The molecular formula is C22H31NO2. The van der Waals surface area contributed by atoms with Gasteiger partial charge in [0.1, 0.15) is 5.60 Å². The molecule has 3 rings (SSSR count). The highest BCUT2D eigenvalue weighted by Gasteiger charge is 2.39. The lowest BCUT2D eigenvalue weighted by Gasteiger charge is -2.45. The normalized spacial score (nSPS) is 23.2. The lowest BCUT2D eigenvalue weighted by molar-refractivity contribution is -0.00150. The first kappa shape index (κ1) is 18.0. The minimum absolute atomic E-state index is 0.149. The Morgan fingerprint density at radius 2 is 1.88 bits per heavy atom. The van der Waals surface area contributed by atoms with Crippen molar-refractivity contribution in [1.82, 2.24) is 4.90 Å². The number of carbonyl (C=O) groups is 1. The summed E-state index contributed by atoms with van der Waals surface area (Å²) in [5, 5.41) is 0. The largest absolute Gasteiger partial charge is 0.444 e. The van der Waals surface area contributed by atoms with E-state index in [4.69, 9.17) is 4.74 Å². The number of amides is 1. The van der Waals surface area contributed by atoms with E-state index in [1.807, 2.05) is 25.7 Å². The molecule has 0 saturated carbocycles. The van der Waals surface area contributed by atoms with E-state index >= 15 is 0 Å². The molecule has 0 radical (unpaired) electrons. The van der Waals surface area contributed by atoms with E-state index in [2.05, 4.69) is 38.1 Å².